The van der Waals surface area contributed by atoms with Crippen molar-refractivity contribution >= 4 is 5.91 Å². The number of rotatable bonds is 5. The Morgan fingerprint density at radius 2 is 2.08 bits per heavy atom. The first-order valence-corrected chi connectivity index (χ1v) is 8.11. The molecule has 2 aromatic rings. The number of carbonyl (C=O) groups excluding carboxylic acids is 1. The Hall–Kier alpha value is -2.70. The monoisotopic (exact) mass is 348 g/mol. The van der Waals surface area contributed by atoms with Gasteiger partial charge in [0.05, 0.1) is 0 Å². The Kier molecular flexibility index (Phi) is 5.11. The predicted molar refractivity (Wildman–Crippen MR) is 86.3 cm³/mol. The molecule has 0 unspecified atom stereocenters. The molecule has 1 aliphatic carbocycles. The first kappa shape index (κ1) is 17.1. The zero-order valence-electron chi connectivity index (χ0n) is 13.5. The Morgan fingerprint density at radius 3 is 2.80 bits per heavy atom. The topological polar surface area (TPSA) is 71.5 Å². The van der Waals surface area contributed by atoms with Crippen molar-refractivity contribution in [3.8, 4) is 11.6 Å². The number of hydrogen-bond donors (Lipinski definition) is 2. The van der Waals surface area contributed by atoms with Crippen molar-refractivity contribution < 1.29 is 23.4 Å². The second-order valence-electron chi connectivity index (χ2n) is 5.96. The summed E-state index contributed by atoms with van der Waals surface area (Å²) in [5.41, 5.74) is 0.0494. The van der Waals surface area contributed by atoms with Crippen molar-refractivity contribution in [1.82, 2.24) is 10.3 Å². The van der Waals surface area contributed by atoms with E-state index in [1.807, 2.05) is 0 Å². The number of halogens is 2. The largest absolute Gasteiger partial charge is 0.507 e. The van der Waals surface area contributed by atoms with Crippen LogP contribution in [0.25, 0.3) is 0 Å². The van der Waals surface area contributed by atoms with Gasteiger partial charge in [-0.3, -0.25) is 4.79 Å². The minimum absolute atomic E-state index is 0.0466. The highest BCUT2D eigenvalue weighted by Crippen LogP contribution is 2.25. The van der Waals surface area contributed by atoms with E-state index in [-0.39, 0.29) is 12.6 Å². The Morgan fingerprint density at radius 1 is 1.32 bits per heavy atom. The van der Waals surface area contributed by atoms with Gasteiger partial charge in [-0.2, -0.15) is 0 Å². The molecule has 0 radical (unpaired) electrons. The molecule has 2 N–H and O–H groups in total. The van der Waals surface area contributed by atoms with Crippen LogP contribution in [0.4, 0.5) is 8.78 Å². The lowest BCUT2D eigenvalue weighted by molar-refractivity contribution is 0.0943. The normalized spacial score (nSPS) is 14.5. The molecule has 25 heavy (non-hydrogen) atoms. The van der Waals surface area contributed by atoms with E-state index in [9.17, 15) is 18.7 Å². The van der Waals surface area contributed by atoms with Crippen LogP contribution < -0.4 is 10.1 Å². The third-order valence-corrected chi connectivity index (χ3v) is 4.13. The number of carbonyl (C=O) groups is 1. The van der Waals surface area contributed by atoms with Crippen LogP contribution in [-0.2, 0) is 6.54 Å². The second-order valence-corrected chi connectivity index (χ2v) is 5.96. The SMILES string of the molecule is O=C(NCc1cccnc1OC1CCCC1)c1c(O)cc(F)cc1F. The van der Waals surface area contributed by atoms with E-state index >= 15 is 0 Å². The second kappa shape index (κ2) is 7.46. The first-order chi connectivity index (χ1) is 12.0. The summed E-state index contributed by atoms with van der Waals surface area (Å²) < 4.78 is 32.6. The first-order valence-electron chi connectivity index (χ1n) is 8.11. The number of nitrogens with one attached hydrogen (secondary N) is 1. The summed E-state index contributed by atoms with van der Waals surface area (Å²) in [5.74, 6) is -3.23. The van der Waals surface area contributed by atoms with Gasteiger partial charge in [0.2, 0.25) is 5.88 Å². The standard InChI is InChI=1S/C18H18F2N2O3/c19-12-8-14(20)16(15(23)9-12)17(24)22-10-11-4-3-7-21-18(11)25-13-5-1-2-6-13/h3-4,7-9,13,23H,1-2,5-6,10H2,(H,22,24). The van der Waals surface area contributed by atoms with E-state index in [4.69, 9.17) is 4.74 Å². The van der Waals surface area contributed by atoms with Crippen molar-refractivity contribution in [2.24, 2.45) is 0 Å². The summed E-state index contributed by atoms with van der Waals surface area (Å²) in [6.45, 7) is 0.0466. The van der Waals surface area contributed by atoms with E-state index in [1.54, 1.807) is 18.3 Å². The van der Waals surface area contributed by atoms with E-state index in [0.29, 0.717) is 23.6 Å². The van der Waals surface area contributed by atoms with Crippen LogP contribution in [0.1, 0.15) is 41.6 Å². The van der Waals surface area contributed by atoms with Gasteiger partial charge in [0.1, 0.15) is 29.1 Å². The van der Waals surface area contributed by atoms with Gasteiger partial charge in [-0.05, 0) is 31.7 Å². The molecule has 0 atom stereocenters. The molecule has 1 amide bonds. The number of amides is 1. The van der Waals surface area contributed by atoms with E-state index < -0.39 is 28.9 Å². The molecule has 132 valence electrons. The van der Waals surface area contributed by atoms with Gasteiger partial charge < -0.3 is 15.2 Å². The number of aromatic nitrogens is 1. The average molecular weight is 348 g/mol. The minimum Gasteiger partial charge on any atom is -0.507 e. The van der Waals surface area contributed by atoms with Gasteiger partial charge in [0.15, 0.2) is 0 Å². The Balaban J connectivity index is 1.70. The van der Waals surface area contributed by atoms with Crippen molar-refractivity contribution in [3.05, 3.63) is 53.2 Å². The molecular weight excluding hydrogens is 330 g/mol. The number of phenols is 1. The van der Waals surface area contributed by atoms with Crippen molar-refractivity contribution in [3.63, 3.8) is 0 Å². The molecule has 1 saturated carbocycles. The maximum atomic E-state index is 13.7. The van der Waals surface area contributed by atoms with Crippen LogP contribution in [0.3, 0.4) is 0 Å². The Bertz CT molecular complexity index is 754. The highest BCUT2D eigenvalue weighted by molar-refractivity contribution is 5.97. The minimum atomic E-state index is -1.12. The maximum absolute atomic E-state index is 13.7. The average Bonchev–Trinajstić information content (AvgIpc) is 3.06. The maximum Gasteiger partial charge on any atom is 0.258 e. The number of phenolic OH excluding ortho intramolecular Hbond substituents is 1. The fourth-order valence-electron chi connectivity index (χ4n) is 2.88. The predicted octanol–water partition coefficient (Wildman–Crippen LogP) is 3.32. The van der Waals surface area contributed by atoms with Crippen LogP contribution >= 0.6 is 0 Å². The molecular formula is C18H18F2N2O3. The quantitative estimate of drug-likeness (QED) is 0.870. The summed E-state index contributed by atoms with van der Waals surface area (Å²) in [6, 6.07) is 4.70. The van der Waals surface area contributed by atoms with Gasteiger partial charge in [0.25, 0.3) is 5.91 Å². The van der Waals surface area contributed by atoms with Crippen LogP contribution in [0, 0.1) is 11.6 Å². The van der Waals surface area contributed by atoms with E-state index in [2.05, 4.69) is 10.3 Å². The summed E-state index contributed by atoms with van der Waals surface area (Å²) in [6.07, 6.45) is 5.89. The zero-order chi connectivity index (χ0) is 17.8. The van der Waals surface area contributed by atoms with Crippen LogP contribution in [0.2, 0.25) is 0 Å². The molecule has 0 aliphatic heterocycles. The molecule has 3 rings (SSSR count). The lowest BCUT2D eigenvalue weighted by atomic mass is 10.1. The van der Waals surface area contributed by atoms with E-state index in [0.717, 1.165) is 25.7 Å². The molecule has 1 aromatic carbocycles. The smallest absolute Gasteiger partial charge is 0.258 e. The zero-order valence-corrected chi connectivity index (χ0v) is 13.5. The molecule has 0 saturated heterocycles. The van der Waals surface area contributed by atoms with Crippen LogP contribution in [0.5, 0.6) is 11.6 Å². The third-order valence-electron chi connectivity index (χ3n) is 4.13. The number of pyridine rings is 1. The van der Waals surface area contributed by atoms with Gasteiger partial charge in [-0.25, -0.2) is 13.8 Å². The summed E-state index contributed by atoms with van der Waals surface area (Å²) in [5, 5.41) is 12.1. The molecule has 0 spiro atoms. The molecule has 1 aromatic heterocycles. The number of ether oxygens (including phenoxy) is 1. The highest BCUT2D eigenvalue weighted by Gasteiger charge is 2.21. The summed E-state index contributed by atoms with van der Waals surface area (Å²) >= 11 is 0. The summed E-state index contributed by atoms with van der Waals surface area (Å²) in [4.78, 5) is 16.3. The molecule has 7 heteroatoms. The number of benzene rings is 1. The van der Waals surface area contributed by atoms with E-state index in [1.165, 1.54) is 0 Å². The van der Waals surface area contributed by atoms with Crippen molar-refractivity contribution in [2.75, 3.05) is 0 Å². The van der Waals surface area contributed by atoms with Crippen molar-refractivity contribution in [1.29, 1.82) is 0 Å². The van der Waals surface area contributed by atoms with Crippen LogP contribution in [0.15, 0.2) is 30.5 Å². The number of nitrogens with zero attached hydrogens (tertiary/aromatic N) is 1. The number of aromatic hydroxyl groups is 1. The van der Waals surface area contributed by atoms with Gasteiger partial charge >= 0.3 is 0 Å². The molecule has 5 nitrogen and oxygen atoms in total. The molecule has 0 bridgehead atoms. The van der Waals surface area contributed by atoms with Crippen LogP contribution in [-0.4, -0.2) is 22.1 Å². The van der Waals surface area contributed by atoms with Gasteiger partial charge in [0, 0.05) is 30.4 Å². The van der Waals surface area contributed by atoms with Gasteiger partial charge in [-0.15, -0.1) is 0 Å². The third kappa shape index (κ3) is 4.04. The molecule has 1 aliphatic rings. The lowest BCUT2D eigenvalue weighted by Gasteiger charge is -2.15. The fraction of sp³-hybridized carbons (Fsp3) is 0.333. The molecule has 1 fully saturated rings. The summed E-state index contributed by atoms with van der Waals surface area (Å²) in [7, 11) is 0. The lowest BCUT2D eigenvalue weighted by Crippen LogP contribution is -2.25. The molecule has 1 heterocycles. The van der Waals surface area contributed by atoms with Gasteiger partial charge in [-0.1, -0.05) is 6.07 Å². The Labute approximate surface area is 143 Å². The highest BCUT2D eigenvalue weighted by atomic mass is 19.1. The van der Waals surface area contributed by atoms with Crippen molar-refractivity contribution in [2.45, 2.75) is 38.3 Å². The fourth-order valence-corrected chi connectivity index (χ4v) is 2.88. The number of hydrogen-bond acceptors (Lipinski definition) is 4.